The number of nitrogens with two attached hydrogens (primary N) is 1. The Kier molecular flexibility index (Phi) is 5.34. The van der Waals surface area contributed by atoms with Gasteiger partial charge in [0.05, 0.1) is 29.9 Å². The first-order valence-corrected chi connectivity index (χ1v) is 9.38. The SMILES string of the molecule is N#Cc1cnc(OCC2CN(c3cc(-c4c[nH]c(=O)[nH]c4=O)n[nH]c3=O)CC2(F)F)nc1N. The Morgan fingerprint density at radius 3 is 2.82 bits per heavy atom. The Bertz CT molecular complexity index is 1430. The van der Waals surface area contributed by atoms with Gasteiger partial charge in [0.15, 0.2) is 0 Å². The summed E-state index contributed by atoms with van der Waals surface area (Å²) < 4.78 is 34.6. The molecule has 0 saturated carbocycles. The molecule has 3 aromatic heterocycles. The number of anilines is 2. The number of alkyl halides is 2. The minimum Gasteiger partial charge on any atom is -0.463 e. The highest BCUT2D eigenvalue weighted by Crippen LogP contribution is 2.35. The second kappa shape index (κ2) is 8.15. The number of aromatic amines is 3. The van der Waals surface area contributed by atoms with Crippen LogP contribution >= 0.6 is 0 Å². The van der Waals surface area contributed by atoms with E-state index in [0.29, 0.717) is 0 Å². The van der Waals surface area contributed by atoms with Crippen LogP contribution in [0, 0.1) is 17.2 Å². The minimum absolute atomic E-state index is 0.0217. The predicted molar refractivity (Wildman–Crippen MR) is 109 cm³/mol. The van der Waals surface area contributed by atoms with E-state index in [2.05, 4.69) is 25.1 Å². The summed E-state index contributed by atoms with van der Waals surface area (Å²) in [5.74, 6) is -4.70. The van der Waals surface area contributed by atoms with E-state index in [1.807, 2.05) is 4.98 Å². The number of aromatic nitrogens is 6. The van der Waals surface area contributed by atoms with Crippen molar-refractivity contribution in [2.75, 3.05) is 30.3 Å². The number of ether oxygens (including phenoxy) is 1. The molecule has 0 radical (unpaired) electrons. The minimum atomic E-state index is -3.23. The molecular weight excluding hydrogens is 444 g/mol. The van der Waals surface area contributed by atoms with Crippen molar-refractivity contribution in [1.29, 1.82) is 5.26 Å². The summed E-state index contributed by atoms with van der Waals surface area (Å²) in [5.41, 5.74) is 3.14. The van der Waals surface area contributed by atoms with Gasteiger partial charge in [-0.25, -0.2) is 23.7 Å². The molecule has 3 aromatic rings. The Hall–Kier alpha value is -4.61. The molecule has 1 aliphatic rings. The van der Waals surface area contributed by atoms with Gasteiger partial charge >= 0.3 is 11.7 Å². The maximum Gasteiger partial charge on any atom is 0.325 e. The lowest BCUT2D eigenvalue weighted by atomic mass is 10.1. The fourth-order valence-corrected chi connectivity index (χ4v) is 3.28. The van der Waals surface area contributed by atoms with Gasteiger partial charge in [-0.3, -0.25) is 14.6 Å². The first-order valence-electron chi connectivity index (χ1n) is 9.38. The molecule has 33 heavy (non-hydrogen) atoms. The maximum atomic E-state index is 14.7. The number of nitrogens with zero attached hydrogens (tertiary/aromatic N) is 5. The first kappa shape index (κ1) is 21.6. The highest BCUT2D eigenvalue weighted by atomic mass is 19.3. The molecule has 1 saturated heterocycles. The molecule has 1 unspecified atom stereocenters. The molecule has 170 valence electrons. The normalized spacial score (nSPS) is 17.0. The number of hydrogen-bond acceptors (Lipinski definition) is 10. The highest BCUT2D eigenvalue weighted by molar-refractivity contribution is 5.62. The lowest BCUT2D eigenvalue weighted by molar-refractivity contribution is -0.0364. The van der Waals surface area contributed by atoms with Crippen LogP contribution in [0.5, 0.6) is 6.01 Å². The van der Waals surface area contributed by atoms with E-state index in [1.54, 1.807) is 6.07 Å². The van der Waals surface area contributed by atoms with E-state index in [4.69, 9.17) is 15.7 Å². The van der Waals surface area contributed by atoms with Gasteiger partial charge in [-0.2, -0.15) is 15.3 Å². The van der Waals surface area contributed by atoms with Crippen molar-refractivity contribution in [3.05, 3.63) is 55.2 Å². The van der Waals surface area contributed by atoms with Crippen LogP contribution in [0.2, 0.25) is 0 Å². The van der Waals surface area contributed by atoms with Gasteiger partial charge < -0.3 is 20.4 Å². The zero-order valence-corrected chi connectivity index (χ0v) is 16.6. The van der Waals surface area contributed by atoms with Crippen molar-refractivity contribution in [2.45, 2.75) is 5.92 Å². The number of nitrogen functional groups attached to an aromatic ring is 1. The molecule has 0 aromatic carbocycles. The second-order valence-electron chi connectivity index (χ2n) is 7.17. The Morgan fingerprint density at radius 1 is 1.33 bits per heavy atom. The van der Waals surface area contributed by atoms with Crippen LogP contribution in [0.25, 0.3) is 11.3 Å². The van der Waals surface area contributed by atoms with Crippen LogP contribution in [0.3, 0.4) is 0 Å². The van der Waals surface area contributed by atoms with Gasteiger partial charge in [0.2, 0.25) is 0 Å². The van der Waals surface area contributed by atoms with E-state index in [1.165, 1.54) is 6.07 Å². The number of hydrogen-bond donors (Lipinski definition) is 4. The fraction of sp³-hybridized carbons (Fsp3) is 0.278. The standard InChI is InChI=1S/C18H15F2N9O4/c19-18(20)7-29(5-9(18)6-33-17-24-3-8(2-21)13(22)25-17)12-1-11(27-28-15(12)31)10-4-23-16(32)26-14(10)30/h1,3-4,9H,5-7H2,(H,28,31)(H2,22,24,25)(H2,23,26,30,32). The van der Waals surface area contributed by atoms with Crippen LogP contribution in [0.1, 0.15) is 5.56 Å². The summed E-state index contributed by atoms with van der Waals surface area (Å²) in [6, 6.07) is 2.70. The Morgan fingerprint density at radius 2 is 2.12 bits per heavy atom. The van der Waals surface area contributed by atoms with Crippen molar-refractivity contribution < 1.29 is 13.5 Å². The number of rotatable bonds is 5. The summed E-state index contributed by atoms with van der Waals surface area (Å²) in [7, 11) is 0. The average molecular weight is 459 g/mol. The number of H-pyrrole nitrogens is 3. The van der Waals surface area contributed by atoms with E-state index in [-0.39, 0.29) is 40.9 Å². The third kappa shape index (κ3) is 4.26. The summed E-state index contributed by atoms with van der Waals surface area (Å²) in [6.45, 7) is -1.52. The second-order valence-corrected chi connectivity index (χ2v) is 7.17. The van der Waals surface area contributed by atoms with Crippen LogP contribution in [0.4, 0.5) is 20.3 Å². The third-order valence-electron chi connectivity index (χ3n) is 4.99. The number of nitriles is 1. The molecule has 1 atom stereocenters. The van der Waals surface area contributed by atoms with Crippen LogP contribution in [0.15, 0.2) is 32.8 Å². The summed E-state index contributed by atoms with van der Waals surface area (Å²) in [6.07, 6.45) is 2.22. The highest BCUT2D eigenvalue weighted by Gasteiger charge is 2.49. The van der Waals surface area contributed by atoms with Crippen molar-refractivity contribution in [3.63, 3.8) is 0 Å². The fourth-order valence-electron chi connectivity index (χ4n) is 3.28. The molecule has 0 aliphatic carbocycles. The molecule has 13 nitrogen and oxygen atoms in total. The van der Waals surface area contributed by atoms with Crippen molar-refractivity contribution >= 4 is 11.5 Å². The molecule has 0 amide bonds. The molecule has 0 spiro atoms. The Balaban J connectivity index is 1.55. The summed E-state index contributed by atoms with van der Waals surface area (Å²) >= 11 is 0. The number of nitrogens with one attached hydrogen (secondary N) is 3. The van der Waals surface area contributed by atoms with Crippen LogP contribution in [-0.4, -0.2) is 55.8 Å². The van der Waals surface area contributed by atoms with Crippen LogP contribution in [-0.2, 0) is 0 Å². The molecule has 4 rings (SSSR count). The predicted octanol–water partition coefficient (Wildman–Crippen LogP) is -0.792. The van der Waals surface area contributed by atoms with E-state index >= 15 is 0 Å². The molecule has 1 fully saturated rings. The van der Waals surface area contributed by atoms with Crippen LogP contribution < -0.4 is 32.2 Å². The van der Waals surface area contributed by atoms with Gasteiger partial charge in [0.25, 0.3) is 17.0 Å². The zero-order valence-electron chi connectivity index (χ0n) is 16.6. The largest absolute Gasteiger partial charge is 0.463 e. The third-order valence-corrected chi connectivity index (χ3v) is 4.99. The van der Waals surface area contributed by atoms with Gasteiger partial charge in [-0.05, 0) is 6.07 Å². The van der Waals surface area contributed by atoms with Gasteiger partial charge in [0.1, 0.15) is 29.7 Å². The number of halogens is 2. The molecule has 5 N–H and O–H groups in total. The lowest BCUT2D eigenvalue weighted by Crippen LogP contribution is -2.32. The topological polar surface area (TPSA) is 200 Å². The smallest absolute Gasteiger partial charge is 0.325 e. The molecular formula is C18H15F2N9O4. The zero-order chi connectivity index (χ0) is 23.8. The molecule has 15 heteroatoms. The van der Waals surface area contributed by atoms with Gasteiger partial charge in [0, 0.05) is 12.7 Å². The maximum absolute atomic E-state index is 14.7. The Labute approximate surface area is 181 Å². The molecule has 0 bridgehead atoms. The van der Waals surface area contributed by atoms with E-state index in [0.717, 1.165) is 17.3 Å². The average Bonchev–Trinajstić information content (AvgIpc) is 3.07. The van der Waals surface area contributed by atoms with Crippen molar-refractivity contribution in [2.24, 2.45) is 5.92 Å². The molecule has 4 heterocycles. The van der Waals surface area contributed by atoms with Crippen molar-refractivity contribution in [3.8, 4) is 23.3 Å². The first-order chi connectivity index (χ1) is 15.7. The van der Waals surface area contributed by atoms with Crippen molar-refractivity contribution in [1.82, 2.24) is 30.1 Å². The van der Waals surface area contributed by atoms with E-state index in [9.17, 15) is 23.2 Å². The summed E-state index contributed by atoms with van der Waals surface area (Å²) in [5, 5.41) is 14.8. The van der Waals surface area contributed by atoms with Gasteiger partial charge in [-0.15, -0.1) is 0 Å². The monoisotopic (exact) mass is 459 g/mol. The molecule has 1 aliphatic heterocycles. The summed E-state index contributed by atoms with van der Waals surface area (Å²) in [4.78, 5) is 48.4. The van der Waals surface area contributed by atoms with E-state index < -0.39 is 41.8 Å². The van der Waals surface area contributed by atoms with Gasteiger partial charge in [-0.1, -0.05) is 0 Å². The lowest BCUT2D eigenvalue weighted by Gasteiger charge is -2.17. The quantitative estimate of drug-likeness (QED) is 0.375.